The molecule has 2 aliphatic rings. The number of hydrogen-bond donors (Lipinski definition) is 3. The average Bonchev–Trinajstić information content (AvgIpc) is 3.25. The molecule has 0 aromatic heterocycles. The van der Waals surface area contributed by atoms with Crippen LogP contribution in [0.15, 0.2) is 24.3 Å². The van der Waals surface area contributed by atoms with Crippen molar-refractivity contribution in [3.63, 3.8) is 0 Å². The van der Waals surface area contributed by atoms with Gasteiger partial charge in [-0.15, -0.1) is 0 Å². The van der Waals surface area contributed by atoms with Crippen LogP contribution in [0.1, 0.15) is 20.3 Å². The number of carbonyl (C=O) groups is 2. The maximum atomic E-state index is 12.5. The van der Waals surface area contributed by atoms with Gasteiger partial charge in [-0.05, 0) is 37.6 Å². The van der Waals surface area contributed by atoms with Crippen LogP contribution in [-0.4, -0.2) is 34.9 Å². The Morgan fingerprint density at radius 3 is 2.77 bits per heavy atom. The average molecular weight is 325 g/mol. The highest BCUT2D eigenvalue weighted by molar-refractivity contribution is 6.30. The van der Waals surface area contributed by atoms with Crippen LogP contribution >= 0.6 is 11.6 Å². The third kappa shape index (κ3) is 2.75. The third-order valence-electron chi connectivity index (χ3n) is 3.91. The fourth-order valence-electron chi connectivity index (χ4n) is 2.33. The smallest absolute Gasteiger partial charge is 0.329 e. The number of urea groups is 1. The van der Waals surface area contributed by atoms with Crippen molar-refractivity contribution in [3.05, 3.63) is 29.3 Å². The van der Waals surface area contributed by atoms with E-state index >= 15 is 0 Å². The number of fused-ring (bicyclic) bond motifs is 1. The molecule has 7 nitrogen and oxygen atoms in total. The Hall–Kier alpha value is -1.83. The second-order valence-corrected chi connectivity index (χ2v) is 5.96. The molecule has 2 heterocycles. The van der Waals surface area contributed by atoms with Crippen LogP contribution < -0.4 is 16.1 Å². The van der Waals surface area contributed by atoms with Crippen LogP contribution in [0.4, 0.5) is 10.5 Å². The van der Waals surface area contributed by atoms with E-state index in [9.17, 15) is 9.59 Å². The number of hydrazine groups is 1. The third-order valence-corrected chi connectivity index (χ3v) is 4.16. The van der Waals surface area contributed by atoms with Gasteiger partial charge in [0.05, 0.1) is 5.54 Å². The molecule has 118 valence electrons. The van der Waals surface area contributed by atoms with Gasteiger partial charge in [-0.3, -0.25) is 10.1 Å². The molecule has 1 aromatic rings. The van der Waals surface area contributed by atoms with Crippen LogP contribution in [0, 0.1) is 0 Å². The molecule has 3 atom stereocenters. The molecule has 2 aliphatic heterocycles. The number of rotatable bonds is 3. The van der Waals surface area contributed by atoms with E-state index in [0.29, 0.717) is 17.1 Å². The van der Waals surface area contributed by atoms with Crippen molar-refractivity contribution in [2.45, 2.75) is 38.3 Å². The Morgan fingerprint density at radius 2 is 2.14 bits per heavy atom. The highest BCUT2D eigenvalue weighted by Gasteiger charge is 2.58. The lowest BCUT2D eigenvalue weighted by molar-refractivity contribution is -0.144. The number of halogens is 1. The second-order valence-electron chi connectivity index (χ2n) is 5.53. The maximum absolute atomic E-state index is 12.5. The highest BCUT2D eigenvalue weighted by atomic mass is 35.5. The van der Waals surface area contributed by atoms with Crippen molar-refractivity contribution in [1.82, 2.24) is 15.8 Å². The Kier molecular flexibility index (Phi) is 3.72. The summed E-state index contributed by atoms with van der Waals surface area (Å²) in [6, 6.07) is 6.18. The Bertz CT molecular complexity index is 609. The molecule has 1 aromatic carbocycles. The van der Waals surface area contributed by atoms with Crippen molar-refractivity contribution in [2.75, 3.05) is 5.32 Å². The first-order valence-electron chi connectivity index (χ1n) is 7.03. The maximum Gasteiger partial charge on any atom is 0.338 e. The summed E-state index contributed by atoms with van der Waals surface area (Å²) in [7, 11) is 0. The number of hydrogen-bond acceptors (Lipinski definition) is 4. The number of nitrogens with one attached hydrogen (secondary N) is 3. The van der Waals surface area contributed by atoms with E-state index < -0.39 is 17.8 Å². The van der Waals surface area contributed by atoms with E-state index in [0.717, 1.165) is 0 Å². The van der Waals surface area contributed by atoms with E-state index in [-0.39, 0.29) is 12.1 Å². The number of nitrogens with zero attached hydrogens (tertiary/aromatic N) is 1. The molecule has 3 amide bonds. The van der Waals surface area contributed by atoms with Gasteiger partial charge in [-0.1, -0.05) is 18.5 Å². The van der Waals surface area contributed by atoms with Gasteiger partial charge in [0, 0.05) is 10.7 Å². The fourth-order valence-corrected chi connectivity index (χ4v) is 2.46. The summed E-state index contributed by atoms with van der Waals surface area (Å²) < 4.78 is 5.36. The molecular weight excluding hydrogens is 308 g/mol. The number of epoxide rings is 1. The molecule has 2 saturated heterocycles. The van der Waals surface area contributed by atoms with Crippen molar-refractivity contribution in [3.8, 4) is 0 Å². The zero-order chi connectivity index (χ0) is 15.9. The van der Waals surface area contributed by atoms with Gasteiger partial charge in [-0.2, -0.15) is 0 Å². The molecular formula is C14H17ClN4O3. The molecule has 0 bridgehead atoms. The van der Waals surface area contributed by atoms with Crippen LogP contribution in [0.5, 0.6) is 0 Å². The number of amides is 3. The van der Waals surface area contributed by atoms with E-state index in [1.165, 1.54) is 5.01 Å². The number of ether oxygens (including phenoxy) is 1. The Morgan fingerprint density at radius 1 is 1.45 bits per heavy atom. The zero-order valence-electron chi connectivity index (χ0n) is 12.2. The lowest BCUT2D eigenvalue weighted by atomic mass is 9.95. The van der Waals surface area contributed by atoms with Crippen molar-refractivity contribution < 1.29 is 14.3 Å². The van der Waals surface area contributed by atoms with Gasteiger partial charge in [0.15, 0.2) is 12.5 Å². The van der Waals surface area contributed by atoms with Crippen molar-refractivity contribution in [1.29, 1.82) is 0 Å². The number of carbonyl (C=O) groups excluding carboxylic acids is 2. The summed E-state index contributed by atoms with van der Waals surface area (Å²) in [5, 5.41) is 7.59. The summed E-state index contributed by atoms with van der Waals surface area (Å²) in [5.74, 6) is -0.222. The predicted molar refractivity (Wildman–Crippen MR) is 80.9 cm³/mol. The first-order chi connectivity index (χ1) is 10.4. The summed E-state index contributed by atoms with van der Waals surface area (Å²) in [4.78, 5) is 24.5. The van der Waals surface area contributed by atoms with Gasteiger partial charge in [0.1, 0.15) is 0 Å². The molecule has 0 saturated carbocycles. The van der Waals surface area contributed by atoms with Crippen LogP contribution in [0.2, 0.25) is 5.02 Å². The fraction of sp³-hybridized carbons (Fsp3) is 0.429. The van der Waals surface area contributed by atoms with Crippen molar-refractivity contribution >= 4 is 29.2 Å². The quantitative estimate of drug-likeness (QED) is 0.738. The van der Waals surface area contributed by atoms with Crippen molar-refractivity contribution in [2.24, 2.45) is 0 Å². The molecule has 8 heteroatoms. The van der Waals surface area contributed by atoms with Gasteiger partial charge < -0.3 is 10.1 Å². The number of piperazine rings is 1. The van der Waals surface area contributed by atoms with Gasteiger partial charge in [-0.25, -0.2) is 15.2 Å². The Labute approximate surface area is 132 Å². The Balaban J connectivity index is 1.66. The molecule has 2 fully saturated rings. The minimum Gasteiger partial charge on any atom is -0.329 e. The minimum atomic E-state index is -0.745. The van der Waals surface area contributed by atoms with Crippen LogP contribution in [0.25, 0.3) is 0 Å². The van der Waals surface area contributed by atoms with E-state index in [2.05, 4.69) is 16.1 Å². The van der Waals surface area contributed by atoms with Crippen LogP contribution in [-0.2, 0) is 9.53 Å². The van der Waals surface area contributed by atoms with E-state index in [1.54, 1.807) is 31.2 Å². The van der Waals surface area contributed by atoms with Crippen LogP contribution in [0.3, 0.4) is 0 Å². The SMILES string of the molecule is CCC1(C)NC2OC2N(NC(=O)Nc2ccc(Cl)cc2)C1=O. The number of benzene rings is 1. The topological polar surface area (TPSA) is 86.0 Å². The molecule has 3 rings (SSSR count). The molecule has 3 unspecified atom stereocenters. The summed E-state index contributed by atoms with van der Waals surface area (Å²) in [6.07, 6.45) is -0.100. The lowest BCUT2D eigenvalue weighted by Gasteiger charge is -2.36. The molecule has 3 N–H and O–H groups in total. The molecule has 22 heavy (non-hydrogen) atoms. The first-order valence-corrected chi connectivity index (χ1v) is 7.41. The zero-order valence-corrected chi connectivity index (χ0v) is 13.0. The summed E-state index contributed by atoms with van der Waals surface area (Å²) >= 11 is 5.79. The molecule has 0 radical (unpaired) electrons. The van der Waals surface area contributed by atoms with Gasteiger partial charge in [0.25, 0.3) is 5.91 Å². The normalized spacial score (nSPS) is 29.8. The van der Waals surface area contributed by atoms with Gasteiger partial charge >= 0.3 is 6.03 Å². The summed E-state index contributed by atoms with van der Waals surface area (Å²) in [5.41, 5.74) is 2.38. The molecule has 0 spiro atoms. The van der Waals surface area contributed by atoms with E-state index in [1.807, 2.05) is 6.92 Å². The first kappa shape index (κ1) is 15.1. The standard InChI is InChI=1S/C14H17ClN4O3/c1-3-14(2)12(20)19(11-10(17-14)22-11)18-13(21)16-9-6-4-8(15)5-7-9/h4-7,10-11,17H,3H2,1-2H3,(H2,16,18,21). The number of anilines is 1. The van der Waals surface area contributed by atoms with E-state index in [4.69, 9.17) is 16.3 Å². The second kappa shape index (κ2) is 5.42. The highest BCUT2D eigenvalue weighted by Crippen LogP contribution is 2.33. The minimum absolute atomic E-state index is 0.222. The monoisotopic (exact) mass is 324 g/mol. The largest absolute Gasteiger partial charge is 0.338 e. The lowest BCUT2D eigenvalue weighted by Crippen LogP contribution is -2.66. The molecule has 0 aliphatic carbocycles. The predicted octanol–water partition coefficient (Wildman–Crippen LogP) is 1.66. The summed E-state index contributed by atoms with van der Waals surface area (Å²) in [6.45, 7) is 3.69. The van der Waals surface area contributed by atoms with Gasteiger partial charge in [0.2, 0.25) is 0 Å².